The Morgan fingerprint density at radius 1 is 0.396 bits per heavy atom. The summed E-state index contributed by atoms with van der Waals surface area (Å²) in [5, 5.41) is 9.69. The van der Waals surface area contributed by atoms with Crippen LogP contribution in [-0.4, -0.2) is 0 Å². The van der Waals surface area contributed by atoms with E-state index in [0.29, 0.717) is 0 Å². The van der Waals surface area contributed by atoms with Gasteiger partial charge < -0.3 is 9.32 Å². The van der Waals surface area contributed by atoms with Gasteiger partial charge in [-0.15, -0.1) is 11.3 Å². The lowest BCUT2D eigenvalue weighted by Crippen LogP contribution is -2.10. The Labute approximate surface area is 310 Å². The van der Waals surface area contributed by atoms with E-state index < -0.39 is 0 Å². The van der Waals surface area contributed by atoms with E-state index in [0.717, 1.165) is 50.0 Å². The van der Waals surface area contributed by atoms with E-state index in [2.05, 4.69) is 193 Å². The van der Waals surface area contributed by atoms with Crippen LogP contribution < -0.4 is 4.90 Å². The third-order valence-corrected chi connectivity index (χ3v) is 11.8. The number of hydrogen-bond donors (Lipinski definition) is 0. The van der Waals surface area contributed by atoms with Crippen LogP contribution in [0.15, 0.2) is 192 Å². The predicted octanol–water partition coefficient (Wildman–Crippen LogP) is 15.1. The van der Waals surface area contributed by atoms with E-state index in [1.54, 1.807) is 0 Å². The van der Waals surface area contributed by atoms with E-state index in [1.807, 2.05) is 11.3 Å². The quantitative estimate of drug-likeness (QED) is 0.178. The molecule has 0 saturated heterocycles. The van der Waals surface area contributed by atoms with Crippen molar-refractivity contribution in [2.75, 3.05) is 4.90 Å². The summed E-state index contributed by atoms with van der Waals surface area (Å²) in [6.45, 7) is 0. The molecule has 0 radical (unpaired) electrons. The lowest BCUT2D eigenvalue weighted by Gasteiger charge is -2.27. The molecule has 0 saturated carbocycles. The number of hydrogen-bond acceptors (Lipinski definition) is 3. The highest BCUT2D eigenvalue weighted by Crippen LogP contribution is 2.43. The zero-order valence-electron chi connectivity index (χ0n) is 28.7. The molecule has 0 aliphatic carbocycles. The van der Waals surface area contributed by atoms with Crippen LogP contribution in [0.1, 0.15) is 0 Å². The van der Waals surface area contributed by atoms with Gasteiger partial charge in [0.2, 0.25) is 0 Å². The van der Waals surface area contributed by atoms with Gasteiger partial charge >= 0.3 is 0 Å². The second kappa shape index (κ2) is 11.9. The van der Waals surface area contributed by atoms with Crippen molar-refractivity contribution in [1.82, 2.24) is 0 Å². The van der Waals surface area contributed by atoms with Gasteiger partial charge in [-0.25, -0.2) is 0 Å². The van der Waals surface area contributed by atoms with Gasteiger partial charge in [0, 0.05) is 53.1 Å². The number of thiophene rings is 1. The molecule has 0 atom stereocenters. The summed E-state index contributed by atoms with van der Waals surface area (Å²) in [6, 6.07) is 68.0. The average Bonchev–Trinajstić information content (AvgIpc) is 3.80. The normalized spacial score (nSPS) is 11.8. The van der Waals surface area contributed by atoms with Gasteiger partial charge in [-0.2, -0.15) is 0 Å². The maximum atomic E-state index is 6.52. The first-order valence-electron chi connectivity index (χ1n) is 18.0. The first-order valence-corrected chi connectivity index (χ1v) is 18.8. The SMILES string of the molecule is c1ccc2c(N(c3ccc(-c4ccc5c(c4)sc4ccccc45)cc3)c3ccc(-c4cccc5oc6c7ccccc7ccc6c45)cc3)cccc2c1. The second-order valence-electron chi connectivity index (χ2n) is 13.7. The van der Waals surface area contributed by atoms with Crippen molar-refractivity contribution in [3.63, 3.8) is 0 Å². The first kappa shape index (κ1) is 30.0. The number of benzene rings is 9. The number of fused-ring (bicyclic) bond motifs is 9. The molecule has 0 aliphatic heterocycles. The largest absolute Gasteiger partial charge is 0.455 e. The monoisotopic (exact) mass is 693 g/mol. The molecule has 0 amide bonds. The molecule has 53 heavy (non-hydrogen) atoms. The molecule has 0 aliphatic rings. The highest BCUT2D eigenvalue weighted by atomic mass is 32.1. The summed E-state index contributed by atoms with van der Waals surface area (Å²) in [5.74, 6) is 0. The molecule has 2 aromatic heterocycles. The summed E-state index contributed by atoms with van der Waals surface area (Å²) >= 11 is 1.86. The van der Waals surface area contributed by atoms with E-state index in [4.69, 9.17) is 4.42 Å². The molecule has 0 unspecified atom stereocenters. The molecule has 248 valence electrons. The minimum atomic E-state index is 0.905. The van der Waals surface area contributed by atoms with Gasteiger partial charge in [-0.1, -0.05) is 133 Å². The molecule has 3 heteroatoms. The van der Waals surface area contributed by atoms with Crippen molar-refractivity contribution in [3.8, 4) is 22.3 Å². The maximum Gasteiger partial charge on any atom is 0.143 e. The molecule has 0 N–H and O–H groups in total. The van der Waals surface area contributed by atoms with E-state index in [1.165, 1.54) is 53.0 Å². The van der Waals surface area contributed by atoms with Crippen LogP contribution in [-0.2, 0) is 0 Å². The Bertz CT molecular complexity index is 3160. The smallest absolute Gasteiger partial charge is 0.143 e. The van der Waals surface area contributed by atoms with Crippen LogP contribution in [0.5, 0.6) is 0 Å². The fourth-order valence-corrected chi connectivity index (χ4v) is 9.27. The fraction of sp³-hybridized carbons (Fsp3) is 0. The van der Waals surface area contributed by atoms with Gasteiger partial charge in [0.05, 0.1) is 5.69 Å². The molecule has 11 rings (SSSR count). The molecule has 0 fully saturated rings. The lowest BCUT2D eigenvalue weighted by molar-refractivity contribution is 0.673. The van der Waals surface area contributed by atoms with Crippen molar-refractivity contribution in [1.29, 1.82) is 0 Å². The van der Waals surface area contributed by atoms with Crippen LogP contribution in [0.2, 0.25) is 0 Å². The molecule has 0 spiro atoms. The third-order valence-electron chi connectivity index (χ3n) is 10.7. The van der Waals surface area contributed by atoms with Crippen molar-refractivity contribution in [2.24, 2.45) is 0 Å². The molecule has 2 heterocycles. The van der Waals surface area contributed by atoms with Crippen molar-refractivity contribution in [2.45, 2.75) is 0 Å². The molecule has 2 nitrogen and oxygen atoms in total. The van der Waals surface area contributed by atoms with E-state index >= 15 is 0 Å². The Kier molecular flexibility index (Phi) is 6.76. The standard InChI is InChI=1S/C50H31NOS/c1-3-12-39-33(9-1)11-7-16-45(39)51(37-25-19-32(20-26-37)36-24-29-43-42-14-5-6-18-47(42)53-48(43)31-36)38-27-21-35(22-28-38)40-15-8-17-46-49(40)44-30-23-34-10-2-4-13-41(34)50(44)52-46/h1-31H. The number of nitrogens with zero attached hydrogens (tertiary/aromatic N) is 1. The van der Waals surface area contributed by atoms with Crippen LogP contribution in [0.3, 0.4) is 0 Å². The minimum Gasteiger partial charge on any atom is -0.455 e. The van der Waals surface area contributed by atoms with Crippen molar-refractivity contribution in [3.05, 3.63) is 188 Å². The molecular weight excluding hydrogens is 663 g/mol. The van der Waals surface area contributed by atoms with E-state index in [9.17, 15) is 0 Å². The summed E-state index contributed by atoms with van der Waals surface area (Å²) < 4.78 is 9.16. The van der Waals surface area contributed by atoms with Gasteiger partial charge in [0.25, 0.3) is 0 Å². The Balaban J connectivity index is 1.02. The minimum absolute atomic E-state index is 0.905. The summed E-state index contributed by atoms with van der Waals surface area (Å²) in [7, 11) is 0. The Morgan fingerprint density at radius 3 is 1.81 bits per heavy atom. The molecular formula is C50H31NOS. The zero-order valence-corrected chi connectivity index (χ0v) is 29.5. The topological polar surface area (TPSA) is 16.4 Å². The highest BCUT2D eigenvalue weighted by molar-refractivity contribution is 7.25. The number of furan rings is 1. The summed E-state index contributed by atoms with van der Waals surface area (Å²) in [4.78, 5) is 2.38. The summed E-state index contributed by atoms with van der Waals surface area (Å²) in [5.41, 5.74) is 9.94. The van der Waals surface area contributed by atoms with Gasteiger partial charge in [-0.3, -0.25) is 0 Å². The predicted molar refractivity (Wildman–Crippen MR) is 227 cm³/mol. The second-order valence-corrected chi connectivity index (χ2v) is 14.8. The highest BCUT2D eigenvalue weighted by Gasteiger charge is 2.18. The van der Waals surface area contributed by atoms with Crippen molar-refractivity contribution < 1.29 is 4.42 Å². The van der Waals surface area contributed by atoms with Crippen molar-refractivity contribution >= 4 is 92.1 Å². The first-order chi connectivity index (χ1) is 26.3. The van der Waals surface area contributed by atoms with Crippen LogP contribution in [0, 0.1) is 0 Å². The van der Waals surface area contributed by atoms with Gasteiger partial charge in [0.15, 0.2) is 0 Å². The van der Waals surface area contributed by atoms with Crippen LogP contribution in [0.4, 0.5) is 17.1 Å². The summed E-state index contributed by atoms with van der Waals surface area (Å²) in [6.07, 6.45) is 0. The van der Waals surface area contributed by atoms with Crippen LogP contribution >= 0.6 is 11.3 Å². The lowest BCUT2D eigenvalue weighted by atomic mass is 9.97. The number of rotatable bonds is 5. The van der Waals surface area contributed by atoms with Gasteiger partial charge in [-0.05, 0) is 87.6 Å². The average molecular weight is 694 g/mol. The third kappa shape index (κ3) is 4.86. The fourth-order valence-electron chi connectivity index (χ4n) is 8.12. The maximum absolute atomic E-state index is 6.52. The Morgan fingerprint density at radius 2 is 1.00 bits per heavy atom. The zero-order chi connectivity index (χ0) is 34.9. The van der Waals surface area contributed by atoms with E-state index in [-0.39, 0.29) is 0 Å². The van der Waals surface area contributed by atoms with Crippen LogP contribution in [0.25, 0.3) is 85.9 Å². The Hall–Kier alpha value is -6.68. The number of anilines is 3. The van der Waals surface area contributed by atoms with Gasteiger partial charge in [0.1, 0.15) is 11.2 Å². The molecule has 9 aromatic carbocycles. The molecule has 0 bridgehead atoms. The molecule has 11 aromatic rings.